The van der Waals surface area contributed by atoms with Crippen LogP contribution in [0.25, 0.3) is 0 Å². The van der Waals surface area contributed by atoms with Gasteiger partial charge in [0.1, 0.15) is 5.00 Å². The zero-order valence-corrected chi connectivity index (χ0v) is 16.6. The predicted molar refractivity (Wildman–Crippen MR) is 108 cm³/mol. The molecule has 148 valence electrons. The molecule has 0 atom stereocenters. The average molecular weight is 401 g/mol. The summed E-state index contributed by atoms with van der Waals surface area (Å²) in [6.07, 6.45) is 2.15. The highest BCUT2D eigenvalue weighted by Crippen LogP contribution is 2.32. The van der Waals surface area contributed by atoms with Crippen molar-refractivity contribution in [3.63, 3.8) is 0 Å². The monoisotopic (exact) mass is 400 g/mol. The summed E-state index contributed by atoms with van der Waals surface area (Å²) < 4.78 is 0. The normalized spacial score (nSPS) is 19.0. The van der Waals surface area contributed by atoms with Crippen molar-refractivity contribution >= 4 is 34.1 Å². The standard InChI is InChI=1S/C21H24N2O4S/c1-13-11-17(19(25)22-12-14-5-3-2-4-6-14)20(28-13)23-18(24)15-7-9-16(10-8-15)21(26)27/h2-6,11,15-16H,7-10,12H2,1H3,(H,22,25)(H,23,24)(H,26,27). The highest BCUT2D eigenvalue weighted by Gasteiger charge is 2.30. The summed E-state index contributed by atoms with van der Waals surface area (Å²) >= 11 is 1.38. The van der Waals surface area contributed by atoms with Crippen LogP contribution in [0.4, 0.5) is 5.00 Å². The number of carboxylic acids is 1. The molecule has 1 heterocycles. The minimum Gasteiger partial charge on any atom is -0.481 e. The molecule has 2 aromatic rings. The van der Waals surface area contributed by atoms with E-state index in [0.717, 1.165) is 10.4 Å². The van der Waals surface area contributed by atoms with Crippen LogP contribution in [0.15, 0.2) is 36.4 Å². The number of benzene rings is 1. The topological polar surface area (TPSA) is 95.5 Å². The maximum Gasteiger partial charge on any atom is 0.306 e. The Hall–Kier alpha value is -2.67. The first-order chi connectivity index (χ1) is 13.4. The third-order valence-corrected chi connectivity index (χ3v) is 6.05. The molecule has 0 bridgehead atoms. The van der Waals surface area contributed by atoms with Crippen LogP contribution in [0, 0.1) is 18.8 Å². The van der Waals surface area contributed by atoms with Crippen molar-refractivity contribution in [2.75, 3.05) is 5.32 Å². The summed E-state index contributed by atoms with van der Waals surface area (Å²) in [5, 5.41) is 15.4. The lowest BCUT2D eigenvalue weighted by Gasteiger charge is -2.25. The Morgan fingerprint density at radius 1 is 1.07 bits per heavy atom. The van der Waals surface area contributed by atoms with Gasteiger partial charge < -0.3 is 15.7 Å². The van der Waals surface area contributed by atoms with Gasteiger partial charge in [-0.15, -0.1) is 11.3 Å². The number of carbonyl (C=O) groups excluding carboxylic acids is 2. The molecule has 0 aliphatic heterocycles. The zero-order chi connectivity index (χ0) is 20.1. The average Bonchev–Trinajstić information content (AvgIpc) is 3.07. The van der Waals surface area contributed by atoms with E-state index in [2.05, 4.69) is 10.6 Å². The fourth-order valence-corrected chi connectivity index (χ4v) is 4.38. The molecule has 7 heteroatoms. The van der Waals surface area contributed by atoms with E-state index in [1.807, 2.05) is 37.3 Å². The Balaban J connectivity index is 1.61. The lowest BCUT2D eigenvalue weighted by atomic mass is 9.81. The van der Waals surface area contributed by atoms with Crippen molar-refractivity contribution in [3.8, 4) is 0 Å². The van der Waals surface area contributed by atoms with Crippen LogP contribution in [0.5, 0.6) is 0 Å². The number of amides is 2. The van der Waals surface area contributed by atoms with E-state index < -0.39 is 5.97 Å². The lowest BCUT2D eigenvalue weighted by molar-refractivity contribution is -0.143. The first-order valence-corrected chi connectivity index (χ1v) is 10.2. The number of rotatable bonds is 6. The minimum absolute atomic E-state index is 0.136. The maximum absolute atomic E-state index is 12.6. The predicted octanol–water partition coefficient (Wildman–Crippen LogP) is 3.82. The maximum atomic E-state index is 12.6. The first kappa shape index (κ1) is 20.1. The summed E-state index contributed by atoms with van der Waals surface area (Å²) in [6, 6.07) is 11.4. The van der Waals surface area contributed by atoms with Crippen molar-refractivity contribution in [1.82, 2.24) is 5.32 Å². The van der Waals surface area contributed by atoms with E-state index >= 15 is 0 Å². The molecule has 1 aliphatic carbocycles. The van der Waals surface area contributed by atoms with Gasteiger partial charge in [0, 0.05) is 17.3 Å². The Morgan fingerprint density at radius 2 is 1.71 bits per heavy atom. The molecule has 1 aromatic carbocycles. The molecule has 2 amide bonds. The van der Waals surface area contributed by atoms with E-state index in [1.54, 1.807) is 6.07 Å². The van der Waals surface area contributed by atoms with E-state index in [-0.39, 0.29) is 23.7 Å². The summed E-state index contributed by atoms with van der Waals surface area (Å²) in [6.45, 7) is 2.31. The van der Waals surface area contributed by atoms with Crippen LogP contribution in [-0.4, -0.2) is 22.9 Å². The number of carbonyl (C=O) groups is 3. The van der Waals surface area contributed by atoms with Crippen LogP contribution in [0.1, 0.15) is 46.5 Å². The number of anilines is 1. The Labute approximate surface area is 168 Å². The van der Waals surface area contributed by atoms with Gasteiger partial charge in [-0.3, -0.25) is 14.4 Å². The molecular formula is C21H24N2O4S. The smallest absolute Gasteiger partial charge is 0.306 e. The van der Waals surface area contributed by atoms with Gasteiger partial charge in [-0.2, -0.15) is 0 Å². The third-order valence-electron chi connectivity index (χ3n) is 5.08. The second kappa shape index (κ2) is 9.01. The number of carboxylic acid groups (broad SMARTS) is 1. The highest BCUT2D eigenvalue weighted by atomic mass is 32.1. The molecule has 0 saturated heterocycles. The summed E-state index contributed by atoms with van der Waals surface area (Å²) in [4.78, 5) is 37.2. The van der Waals surface area contributed by atoms with Gasteiger partial charge in [0.05, 0.1) is 11.5 Å². The fourth-order valence-electron chi connectivity index (χ4n) is 3.47. The Kier molecular flexibility index (Phi) is 6.46. The SMILES string of the molecule is Cc1cc(C(=O)NCc2ccccc2)c(NC(=O)C2CCC(C(=O)O)CC2)s1. The molecule has 0 spiro atoms. The van der Waals surface area contributed by atoms with E-state index in [0.29, 0.717) is 42.8 Å². The molecule has 28 heavy (non-hydrogen) atoms. The highest BCUT2D eigenvalue weighted by molar-refractivity contribution is 7.16. The van der Waals surface area contributed by atoms with Crippen LogP contribution in [0.2, 0.25) is 0 Å². The second-order valence-electron chi connectivity index (χ2n) is 7.14. The van der Waals surface area contributed by atoms with E-state index in [9.17, 15) is 14.4 Å². The van der Waals surface area contributed by atoms with Crippen LogP contribution in [0.3, 0.4) is 0 Å². The van der Waals surface area contributed by atoms with Gasteiger partial charge in [-0.05, 0) is 44.2 Å². The lowest BCUT2D eigenvalue weighted by Crippen LogP contribution is -2.30. The van der Waals surface area contributed by atoms with Gasteiger partial charge in [0.2, 0.25) is 5.91 Å². The molecule has 6 nitrogen and oxygen atoms in total. The summed E-state index contributed by atoms with van der Waals surface area (Å²) in [7, 11) is 0. The number of aryl methyl sites for hydroxylation is 1. The number of thiophene rings is 1. The zero-order valence-electron chi connectivity index (χ0n) is 15.7. The number of hydrogen-bond donors (Lipinski definition) is 3. The van der Waals surface area contributed by atoms with Crippen molar-refractivity contribution in [3.05, 3.63) is 52.4 Å². The van der Waals surface area contributed by atoms with E-state index in [4.69, 9.17) is 5.11 Å². The molecule has 1 aliphatic rings. The third kappa shape index (κ3) is 4.98. The van der Waals surface area contributed by atoms with Gasteiger partial charge in [-0.25, -0.2) is 0 Å². The van der Waals surface area contributed by atoms with E-state index in [1.165, 1.54) is 11.3 Å². The summed E-state index contributed by atoms with van der Waals surface area (Å²) in [5.74, 6) is -1.71. The molecule has 3 N–H and O–H groups in total. The summed E-state index contributed by atoms with van der Waals surface area (Å²) in [5.41, 5.74) is 1.47. The molecule has 3 rings (SSSR count). The molecule has 1 fully saturated rings. The van der Waals surface area contributed by atoms with Gasteiger partial charge in [-0.1, -0.05) is 30.3 Å². The van der Waals surface area contributed by atoms with Crippen LogP contribution >= 0.6 is 11.3 Å². The largest absolute Gasteiger partial charge is 0.481 e. The second-order valence-corrected chi connectivity index (χ2v) is 8.40. The molecule has 1 aromatic heterocycles. The number of hydrogen-bond acceptors (Lipinski definition) is 4. The van der Waals surface area contributed by atoms with Gasteiger partial charge in [0.25, 0.3) is 5.91 Å². The molecular weight excluding hydrogens is 376 g/mol. The van der Waals surface area contributed by atoms with Crippen molar-refractivity contribution in [2.45, 2.75) is 39.2 Å². The number of nitrogens with one attached hydrogen (secondary N) is 2. The van der Waals surface area contributed by atoms with Crippen molar-refractivity contribution in [1.29, 1.82) is 0 Å². The van der Waals surface area contributed by atoms with Crippen molar-refractivity contribution in [2.24, 2.45) is 11.8 Å². The number of aliphatic carboxylic acids is 1. The molecule has 0 unspecified atom stereocenters. The van der Waals surface area contributed by atoms with Gasteiger partial charge in [0.15, 0.2) is 0 Å². The fraction of sp³-hybridized carbons (Fsp3) is 0.381. The van der Waals surface area contributed by atoms with Gasteiger partial charge >= 0.3 is 5.97 Å². The van der Waals surface area contributed by atoms with Crippen LogP contribution in [-0.2, 0) is 16.1 Å². The Morgan fingerprint density at radius 3 is 2.36 bits per heavy atom. The van der Waals surface area contributed by atoms with Crippen molar-refractivity contribution < 1.29 is 19.5 Å². The van der Waals surface area contributed by atoms with Crippen LogP contribution < -0.4 is 10.6 Å². The molecule has 0 radical (unpaired) electrons. The Bertz CT molecular complexity index is 855. The first-order valence-electron chi connectivity index (χ1n) is 9.40. The molecule has 1 saturated carbocycles. The minimum atomic E-state index is -0.787. The quantitative estimate of drug-likeness (QED) is 0.687.